The Morgan fingerprint density at radius 2 is 1.68 bits per heavy atom. The number of nitrogen functional groups attached to an aromatic ring is 1. The van der Waals surface area contributed by atoms with Gasteiger partial charge in [-0.25, -0.2) is 0 Å². The van der Waals surface area contributed by atoms with Crippen LogP contribution in [-0.2, 0) is 28.3 Å². The van der Waals surface area contributed by atoms with Crippen LogP contribution in [0.15, 0.2) is 11.1 Å². The molecule has 3 heterocycles. The number of aliphatic hydroxyl groups excluding tert-OH is 1. The van der Waals surface area contributed by atoms with Crippen LogP contribution < -0.4 is 21.5 Å². The van der Waals surface area contributed by atoms with Gasteiger partial charge in [0.05, 0.1) is 0 Å². The van der Waals surface area contributed by atoms with E-state index in [0.717, 1.165) is 0 Å². The fraction of sp³-hybridized carbons (Fsp3) is 0.696. The number of carbonyl (C=O) groups is 2. The van der Waals surface area contributed by atoms with Crippen molar-refractivity contribution in [1.82, 2.24) is 29.7 Å². The summed E-state index contributed by atoms with van der Waals surface area (Å²) in [5.74, 6) is -6.49. The summed E-state index contributed by atoms with van der Waals surface area (Å²) in [6.07, 6.45) is -9.98. The van der Waals surface area contributed by atoms with Crippen molar-refractivity contribution in [1.29, 1.82) is 0 Å². The molecule has 1 aliphatic heterocycles. The number of halogens is 4. The molecule has 0 aliphatic carbocycles. The zero-order valence-corrected chi connectivity index (χ0v) is 26.4. The number of nitrogens with zero attached hydrogens (tertiary/aromatic N) is 3. The van der Waals surface area contributed by atoms with Gasteiger partial charge in [0.15, 0.2) is 0 Å². The van der Waals surface area contributed by atoms with E-state index in [1.54, 1.807) is 27.7 Å². The Balaban J connectivity index is 1.98. The molecule has 2 aromatic heterocycles. The minimum atomic E-state index is -4.42. The van der Waals surface area contributed by atoms with E-state index in [9.17, 15) is 28.3 Å². The molecule has 0 saturated carbocycles. The SMILES string of the molecule is CC(C)OC(=O)[C@H](C)N[PH](S)(N[C@@H](C)C(=O)OC(C)C)OC[C@@]1(C(F)F)O[C@@H](n2cnc3c(=O)[nH]c(N)nc32)C(F)(F)[C@@H]1O. The van der Waals surface area contributed by atoms with Crippen LogP contribution in [0.4, 0.5) is 23.5 Å². The average molecular weight is 678 g/mol. The number of rotatable bonds is 13. The van der Waals surface area contributed by atoms with E-state index in [2.05, 4.69) is 37.4 Å². The number of aliphatic hydroxyl groups is 1. The molecule has 6 N–H and O–H groups in total. The average Bonchev–Trinajstić information content (AvgIpc) is 3.39. The van der Waals surface area contributed by atoms with Crippen LogP contribution >= 0.6 is 19.2 Å². The maximum absolute atomic E-state index is 15.5. The Bertz CT molecular complexity index is 1390. The Hall–Kier alpha value is -2.61. The van der Waals surface area contributed by atoms with Gasteiger partial charge in [-0.15, -0.1) is 0 Å². The second-order valence-corrected chi connectivity index (χ2v) is 14.8. The number of ether oxygens (including phenoxy) is 3. The predicted molar refractivity (Wildman–Crippen MR) is 153 cm³/mol. The van der Waals surface area contributed by atoms with Crippen molar-refractivity contribution in [3.05, 3.63) is 16.7 Å². The third-order valence-electron chi connectivity index (χ3n) is 6.30. The number of hydrogen-bond donors (Lipinski definition) is 6. The first-order chi connectivity index (χ1) is 20.2. The normalized spacial score (nSPS) is 23.8. The third-order valence-corrected chi connectivity index (χ3v) is 9.67. The molecular weight excluding hydrogens is 641 g/mol. The number of thiol groups is 1. The van der Waals surface area contributed by atoms with Crippen molar-refractivity contribution in [2.75, 3.05) is 12.3 Å². The Kier molecular flexibility index (Phi) is 10.9. The summed E-state index contributed by atoms with van der Waals surface area (Å²) in [5.41, 5.74) is 0.249. The quantitative estimate of drug-likeness (QED) is 0.0770. The van der Waals surface area contributed by atoms with Gasteiger partial charge in [0.25, 0.3) is 0 Å². The molecule has 0 spiro atoms. The van der Waals surface area contributed by atoms with Gasteiger partial charge >= 0.3 is 254 Å². The van der Waals surface area contributed by atoms with Crippen molar-refractivity contribution < 1.29 is 51.0 Å². The number of nitrogens with one attached hydrogen (secondary N) is 3. The fourth-order valence-corrected chi connectivity index (χ4v) is 7.68. The number of anilines is 1. The number of hydrogen-bond acceptors (Lipinski definition) is 14. The molecule has 250 valence electrons. The van der Waals surface area contributed by atoms with Crippen molar-refractivity contribution in [2.45, 2.75) is 96.1 Å². The standard InChI is InChI=1S/C23H36F4N7O8PS/c1-9(2)40-16(36)11(5)32-43(44,33-12(6)17(37)41-10(3)4)39-7-22(19(24)25)18(38)23(26,27)20(42-22)34-8-29-13-14(34)30-21(28)31-15(13)35/h8-12,18-20,32-33,38,43-44H,7H2,1-6H3,(H3,28,30,31,35)/t11-,12-,18+,20+,22+/m0/s1. The van der Waals surface area contributed by atoms with E-state index < -0.39 is 103 Å². The van der Waals surface area contributed by atoms with Crippen LogP contribution in [0.25, 0.3) is 11.2 Å². The summed E-state index contributed by atoms with van der Waals surface area (Å²) in [6.45, 7) is 3.33. The van der Waals surface area contributed by atoms with Gasteiger partial charge in [-0.1, -0.05) is 0 Å². The Labute approximate surface area is 254 Å². The van der Waals surface area contributed by atoms with Gasteiger partial charge in [0.1, 0.15) is 0 Å². The van der Waals surface area contributed by atoms with Crippen LogP contribution in [0.5, 0.6) is 0 Å². The zero-order valence-electron chi connectivity index (χ0n) is 24.5. The summed E-state index contributed by atoms with van der Waals surface area (Å²) in [5, 5.41) is 16.0. The first kappa shape index (κ1) is 35.9. The molecule has 1 saturated heterocycles. The van der Waals surface area contributed by atoms with E-state index in [4.69, 9.17) is 24.5 Å². The van der Waals surface area contributed by atoms with E-state index in [0.29, 0.717) is 10.9 Å². The molecule has 2 aromatic rings. The fourth-order valence-electron chi connectivity index (χ4n) is 4.23. The van der Waals surface area contributed by atoms with Gasteiger partial charge in [0, 0.05) is 0 Å². The van der Waals surface area contributed by atoms with Crippen molar-refractivity contribution in [2.24, 2.45) is 0 Å². The Morgan fingerprint density at radius 1 is 1.16 bits per heavy atom. The molecule has 3 rings (SSSR count). The van der Waals surface area contributed by atoms with Gasteiger partial charge in [-0.2, -0.15) is 0 Å². The molecule has 1 aliphatic rings. The third kappa shape index (κ3) is 7.43. The molecule has 1 fully saturated rings. The zero-order chi connectivity index (χ0) is 33.4. The molecule has 0 bridgehead atoms. The number of fused-ring (bicyclic) bond motifs is 1. The summed E-state index contributed by atoms with van der Waals surface area (Å²) in [7, 11) is 0. The molecule has 0 aromatic carbocycles. The minimum absolute atomic E-state index is 0.446. The maximum atomic E-state index is 15.5. The number of nitrogens with two attached hydrogens (primary N) is 1. The van der Waals surface area contributed by atoms with E-state index in [-0.39, 0.29) is 0 Å². The molecule has 15 nitrogen and oxygen atoms in total. The van der Waals surface area contributed by atoms with E-state index in [1.807, 2.05) is 0 Å². The summed E-state index contributed by atoms with van der Waals surface area (Å²) in [4.78, 5) is 46.7. The van der Waals surface area contributed by atoms with E-state index >= 15 is 8.78 Å². The van der Waals surface area contributed by atoms with Crippen LogP contribution in [0, 0.1) is 0 Å². The van der Waals surface area contributed by atoms with Gasteiger partial charge in [-0.05, 0) is 0 Å². The molecule has 0 unspecified atom stereocenters. The number of H-pyrrole nitrogens is 1. The van der Waals surface area contributed by atoms with Gasteiger partial charge in [0.2, 0.25) is 0 Å². The predicted octanol–water partition coefficient (Wildman–Crippen LogP) is 1.45. The number of aromatic nitrogens is 4. The van der Waals surface area contributed by atoms with Crippen LogP contribution in [0.1, 0.15) is 47.8 Å². The number of carbonyl (C=O) groups excluding carboxylic acids is 2. The number of imidazole rings is 1. The van der Waals surface area contributed by atoms with Crippen LogP contribution in [0.2, 0.25) is 0 Å². The molecule has 21 heteroatoms. The number of esters is 2. The molecule has 5 atom stereocenters. The van der Waals surface area contributed by atoms with Crippen molar-refractivity contribution >= 4 is 48.3 Å². The van der Waals surface area contributed by atoms with E-state index in [1.165, 1.54) is 13.8 Å². The van der Waals surface area contributed by atoms with Crippen LogP contribution in [0.3, 0.4) is 0 Å². The monoisotopic (exact) mass is 677 g/mol. The first-order valence-electron chi connectivity index (χ1n) is 13.3. The number of aromatic amines is 1. The first-order valence-corrected chi connectivity index (χ1v) is 16.5. The molecule has 0 radical (unpaired) electrons. The molecule has 0 amide bonds. The van der Waals surface area contributed by atoms with Crippen molar-refractivity contribution in [3.63, 3.8) is 0 Å². The second kappa shape index (κ2) is 13.4. The van der Waals surface area contributed by atoms with Crippen molar-refractivity contribution in [3.8, 4) is 0 Å². The van der Waals surface area contributed by atoms with Crippen LogP contribution in [-0.4, -0.2) is 91.5 Å². The molecule has 44 heavy (non-hydrogen) atoms. The summed E-state index contributed by atoms with van der Waals surface area (Å²) >= 11 is 4.40. The van der Waals surface area contributed by atoms with Gasteiger partial charge in [-0.3, -0.25) is 0 Å². The number of alkyl halides is 4. The second-order valence-electron chi connectivity index (χ2n) is 10.7. The van der Waals surface area contributed by atoms with Gasteiger partial charge < -0.3 is 0 Å². The Morgan fingerprint density at radius 3 is 2.16 bits per heavy atom. The summed E-state index contributed by atoms with van der Waals surface area (Å²) < 4.78 is 82.0. The molecular formula is C23H36F4N7O8PS. The topological polar surface area (TPSA) is 205 Å². The summed E-state index contributed by atoms with van der Waals surface area (Å²) in [6, 6.07) is -2.39.